The number of Topliss-reactive ketones (excluding diaryl/α,β-unsaturated/α-hetero) is 1. The smallest absolute Gasteiger partial charge is 0.303 e. The van der Waals surface area contributed by atoms with Crippen molar-refractivity contribution in [3.8, 4) is 0 Å². The van der Waals surface area contributed by atoms with Gasteiger partial charge in [-0.1, -0.05) is 24.6 Å². The molecule has 0 unspecified atom stereocenters. The summed E-state index contributed by atoms with van der Waals surface area (Å²) in [4.78, 5) is 39.8. The van der Waals surface area contributed by atoms with Crippen molar-refractivity contribution in [3.05, 3.63) is 52.6 Å². The van der Waals surface area contributed by atoms with E-state index in [2.05, 4.69) is 36.1 Å². The fourth-order valence-corrected chi connectivity index (χ4v) is 8.14. The molecular formula is C31H39NO4. The Balaban J connectivity index is 1.52. The van der Waals surface area contributed by atoms with E-state index in [9.17, 15) is 14.4 Å². The van der Waals surface area contributed by atoms with Gasteiger partial charge in [0.05, 0.1) is 0 Å². The molecule has 0 bridgehead atoms. The molecule has 4 aliphatic carbocycles. The van der Waals surface area contributed by atoms with Gasteiger partial charge < -0.3 is 9.64 Å². The molecule has 0 aliphatic heterocycles. The van der Waals surface area contributed by atoms with Crippen LogP contribution in [0.4, 0.5) is 5.69 Å². The Morgan fingerprint density at radius 3 is 2.42 bits per heavy atom. The minimum absolute atomic E-state index is 0.0176. The van der Waals surface area contributed by atoms with E-state index in [1.54, 1.807) is 6.92 Å². The lowest BCUT2D eigenvalue weighted by atomic mass is 9.53. The Labute approximate surface area is 215 Å². The standard InChI is InChI=1S/C31H39NO4/c1-19(33)31(36-20(2)34)15-13-29-28-17-22(16-21-6-8-23(9-7-21)32(4)5)27-18-24(35)10-11-25(27)26(28)12-14-30(29,31)3/h6-9,18,22,28-29H,10-17H2,1-5H3/t22-,28+,29-,30-,31-/m0/s1. The van der Waals surface area contributed by atoms with Crippen molar-refractivity contribution in [2.24, 2.45) is 23.2 Å². The van der Waals surface area contributed by atoms with Crippen molar-refractivity contribution < 1.29 is 19.1 Å². The average Bonchev–Trinajstić information content (AvgIpc) is 3.12. The van der Waals surface area contributed by atoms with Crippen LogP contribution in [0.2, 0.25) is 0 Å². The maximum Gasteiger partial charge on any atom is 0.303 e. The molecule has 192 valence electrons. The van der Waals surface area contributed by atoms with Gasteiger partial charge in [0.2, 0.25) is 0 Å². The summed E-state index contributed by atoms with van der Waals surface area (Å²) in [7, 11) is 4.09. The fourth-order valence-electron chi connectivity index (χ4n) is 8.14. The molecule has 1 aromatic rings. The van der Waals surface area contributed by atoms with Crippen molar-refractivity contribution in [2.45, 2.75) is 77.7 Å². The van der Waals surface area contributed by atoms with Crippen molar-refractivity contribution >= 4 is 23.2 Å². The van der Waals surface area contributed by atoms with Crippen LogP contribution in [0, 0.1) is 23.2 Å². The highest BCUT2D eigenvalue weighted by molar-refractivity contribution is 5.93. The predicted octanol–water partition coefficient (Wildman–Crippen LogP) is 5.62. The first-order chi connectivity index (χ1) is 17.1. The average molecular weight is 490 g/mol. The van der Waals surface area contributed by atoms with Crippen LogP contribution < -0.4 is 4.90 Å². The van der Waals surface area contributed by atoms with Gasteiger partial charge in [-0.15, -0.1) is 0 Å². The monoisotopic (exact) mass is 489 g/mol. The Kier molecular flexibility index (Phi) is 6.25. The molecule has 5 nitrogen and oxygen atoms in total. The first-order valence-corrected chi connectivity index (χ1v) is 13.5. The van der Waals surface area contributed by atoms with Crippen LogP contribution in [0.5, 0.6) is 0 Å². The first kappa shape index (κ1) is 25.0. The summed E-state index contributed by atoms with van der Waals surface area (Å²) in [5, 5.41) is 0. The van der Waals surface area contributed by atoms with Gasteiger partial charge >= 0.3 is 5.97 Å². The van der Waals surface area contributed by atoms with E-state index in [1.807, 2.05) is 20.2 Å². The van der Waals surface area contributed by atoms with Crippen LogP contribution in [0.1, 0.15) is 71.3 Å². The Morgan fingerprint density at radius 1 is 1.06 bits per heavy atom. The van der Waals surface area contributed by atoms with Crippen LogP contribution in [0.25, 0.3) is 0 Å². The number of anilines is 1. The Morgan fingerprint density at radius 2 is 1.78 bits per heavy atom. The molecule has 5 atom stereocenters. The number of ether oxygens (including phenoxy) is 1. The lowest BCUT2D eigenvalue weighted by Gasteiger charge is -2.53. The molecule has 0 spiro atoms. The number of fused-ring (bicyclic) bond motifs is 4. The molecular weight excluding hydrogens is 450 g/mol. The number of allylic oxidation sites excluding steroid dienone is 4. The summed E-state index contributed by atoms with van der Waals surface area (Å²) < 4.78 is 5.92. The van der Waals surface area contributed by atoms with Gasteiger partial charge in [0.25, 0.3) is 0 Å². The topological polar surface area (TPSA) is 63.7 Å². The second-order valence-electron chi connectivity index (χ2n) is 11.9. The summed E-state index contributed by atoms with van der Waals surface area (Å²) in [6.45, 7) is 5.21. The third-order valence-corrected chi connectivity index (χ3v) is 9.87. The number of benzene rings is 1. The van der Waals surface area contributed by atoms with Crippen LogP contribution >= 0.6 is 0 Å². The Hall–Kier alpha value is -2.69. The summed E-state index contributed by atoms with van der Waals surface area (Å²) in [5.74, 6) is 0.812. The molecule has 2 saturated carbocycles. The highest BCUT2D eigenvalue weighted by Gasteiger charge is 2.66. The van der Waals surface area contributed by atoms with Crippen LogP contribution in [-0.2, 0) is 25.5 Å². The highest BCUT2D eigenvalue weighted by atomic mass is 16.6. The number of nitrogens with zero attached hydrogens (tertiary/aromatic N) is 1. The molecule has 0 radical (unpaired) electrons. The summed E-state index contributed by atoms with van der Waals surface area (Å²) >= 11 is 0. The van der Waals surface area contributed by atoms with Gasteiger partial charge in [0.1, 0.15) is 0 Å². The molecule has 1 aromatic carbocycles. The summed E-state index contributed by atoms with van der Waals surface area (Å²) in [6.07, 6.45) is 8.52. The molecule has 0 N–H and O–H groups in total. The molecule has 4 aliphatic rings. The van der Waals surface area contributed by atoms with E-state index >= 15 is 0 Å². The zero-order valence-corrected chi connectivity index (χ0v) is 22.4. The predicted molar refractivity (Wildman–Crippen MR) is 141 cm³/mol. The van der Waals surface area contributed by atoms with Crippen molar-refractivity contribution in [2.75, 3.05) is 19.0 Å². The molecule has 5 heteroatoms. The molecule has 0 heterocycles. The third kappa shape index (κ3) is 3.86. The third-order valence-electron chi connectivity index (χ3n) is 9.87. The molecule has 5 rings (SSSR count). The SMILES string of the molecule is CC(=O)O[C@]1(C(C)=O)CC[C@H]2[C@@H]3C[C@H](Cc4ccc(N(C)C)cc4)C4=CC(=O)CCC4=C3CC[C@@]21C. The number of hydrogen-bond acceptors (Lipinski definition) is 5. The molecule has 36 heavy (non-hydrogen) atoms. The van der Waals surface area contributed by atoms with Crippen molar-refractivity contribution in [1.29, 1.82) is 0 Å². The number of hydrogen-bond donors (Lipinski definition) is 0. The minimum atomic E-state index is -1.02. The van der Waals surface area contributed by atoms with E-state index in [4.69, 9.17) is 4.74 Å². The van der Waals surface area contributed by atoms with E-state index in [0.717, 1.165) is 38.5 Å². The van der Waals surface area contributed by atoms with E-state index in [-0.39, 0.29) is 28.9 Å². The summed E-state index contributed by atoms with van der Waals surface area (Å²) in [5.41, 5.74) is 5.27. The lowest BCUT2D eigenvalue weighted by Crippen LogP contribution is -2.56. The second kappa shape index (κ2) is 9.00. The van der Waals surface area contributed by atoms with Crippen molar-refractivity contribution in [1.82, 2.24) is 0 Å². The van der Waals surface area contributed by atoms with Gasteiger partial charge in [0.15, 0.2) is 17.2 Å². The van der Waals surface area contributed by atoms with Gasteiger partial charge in [-0.05, 0) is 105 Å². The zero-order chi connectivity index (χ0) is 25.8. The largest absolute Gasteiger partial charge is 0.451 e. The fraction of sp³-hybridized carbons (Fsp3) is 0.581. The molecule has 0 aromatic heterocycles. The maximum absolute atomic E-state index is 13.0. The van der Waals surface area contributed by atoms with Crippen LogP contribution in [0.15, 0.2) is 47.1 Å². The molecule has 2 fully saturated rings. The number of rotatable bonds is 5. The van der Waals surface area contributed by atoms with Crippen molar-refractivity contribution in [3.63, 3.8) is 0 Å². The van der Waals surface area contributed by atoms with Crippen LogP contribution in [0.3, 0.4) is 0 Å². The number of carbonyl (C=O) groups excluding carboxylic acids is 3. The highest BCUT2D eigenvalue weighted by Crippen LogP contribution is 2.65. The lowest BCUT2D eigenvalue weighted by molar-refractivity contribution is -0.182. The normalized spacial score (nSPS) is 33.3. The van der Waals surface area contributed by atoms with E-state index in [1.165, 1.54) is 34.9 Å². The summed E-state index contributed by atoms with van der Waals surface area (Å²) in [6, 6.07) is 8.74. The Bertz CT molecular complexity index is 1160. The van der Waals surface area contributed by atoms with E-state index < -0.39 is 5.60 Å². The van der Waals surface area contributed by atoms with Gasteiger partial charge in [-0.3, -0.25) is 14.4 Å². The minimum Gasteiger partial charge on any atom is -0.451 e. The first-order valence-electron chi connectivity index (χ1n) is 13.5. The maximum atomic E-state index is 13.0. The van der Waals surface area contributed by atoms with Gasteiger partial charge in [-0.2, -0.15) is 0 Å². The van der Waals surface area contributed by atoms with Gasteiger partial charge in [-0.25, -0.2) is 0 Å². The van der Waals surface area contributed by atoms with E-state index in [0.29, 0.717) is 24.7 Å². The second-order valence-corrected chi connectivity index (χ2v) is 11.9. The van der Waals surface area contributed by atoms with Gasteiger partial charge in [0, 0.05) is 38.5 Å². The number of esters is 1. The quantitative estimate of drug-likeness (QED) is 0.503. The number of carbonyl (C=O) groups is 3. The molecule has 0 saturated heterocycles. The number of ketones is 2. The molecule has 0 amide bonds. The zero-order valence-electron chi connectivity index (χ0n) is 22.4. The van der Waals surface area contributed by atoms with Crippen LogP contribution in [-0.4, -0.2) is 37.2 Å².